The zero-order valence-electron chi connectivity index (χ0n) is 11.5. The minimum absolute atomic E-state index is 0.193. The molecule has 2 amide bonds. The first-order valence-electron chi connectivity index (χ1n) is 6.41. The van der Waals surface area contributed by atoms with Crippen LogP contribution in [0.1, 0.15) is 16.7 Å². The van der Waals surface area contributed by atoms with Crippen LogP contribution in [0.5, 0.6) is 0 Å². The number of nitrogens with one attached hydrogen (secondary N) is 2. The monoisotopic (exact) mass is 332 g/mol. The maximum atomic E-state index is 11.9. The summed E-state index contributed by atoms with van der Waals surface area (Å²) in [4.78, 5) is 11.9. The van der Waals surface area contributed by atoms with E-state index in [0.717, 1.165) is 26.9 Å². The molecule has 0 aliphatic rings. The van der Waals surface area contributed by atoms with Crippen LogP contribution < -0.4 is 10.6 Å². The Hall–Kier alpha value is -1.81. The Morgan fingerprint density at radius 3 is 2.50 bits per heavy atom. The van der Waals surface area contributed by atoms with Crippen LogP contribution in [0.3, 0.4) is 0 Å². The molecule has 104 valence electrons. The molecular formula is C16H17BrN2O. The van der Waals surface area contributed by atoms with Gasteiger partial charge in [0, 0.05) is 16.7 Å². The van der Waals surface area contributed by atoms with Crippen molar-refractivity contribution >= 4 is 27.6 Å². The smallest absolute Gasteiger partial charge is 0.319 e. The van der Waals surface area contributed by atoms with E-state index < -0.39 is 0 Å². The van der Waals surface area contributed by atoms with E-state index in [4.69, 9.17) is 0 Å². The summed E-state index contributed by atoms with van der Waals surface area (Å²) in [5.41, 5.74) is 4.08. The normalized spacial score (nSPS) is 10.2. The maximum Gasteiger partial charge on any atom is 0.319 e. The second kappa shape index (κ2) is 6.57. The number of amides is 2. The highest BCUT2D eigenvalue weighted by molar-refractivity contribution is 9.10. The van der Waals surface area contributed by atoms with Crippen molar-refractivity contribution in [3.05, 3.63) is 63.6 Å². The lowest BCUT2D eigenvalue weighted by Gasteiger charge is -2.10. The van der Waals surface area contributed by atoms with Crippen molar-refractivity contribution in [3.63, 3.8) is 0 Å². The van der Waals surface area contributed by atoms with E-state index >= 15 is 0 Å². The summed E-state index contributed by atoms with van der Waals surface area (Å²) in [6, 6.07) is 13.7. The Balaban J connectivity index is 1.92. The molecule has 2 N–H and O–H groups in total. The minimum atomic E-state index is -0.193. The van der Waals surface area contributed by atoms with Gasteiger partial charge in [0.05, 0.1) is 0 Å². The summed E-state index contributed by atoms with van der Waals surface area (Å²) in [7, 11) is 0. The van der Waals surface area contributed by atoms with Gasteiger partial charge in [0.15, 0.2) is 0 Å². The molecule has 0 unspecified atom stereocenters. The van der Waals surface area contributed by atoms with Gasteiger partial charge in [-0.15, -0.1) is 0 Å². The van der Waals surface area contributed by atoms with Gasteiger partial charge in [-0.05, 0) is 48.7 Å². The molecule has 20 heavy (non-hydrogen) atoms. The molecule has 0 fully saturated rings. The number of rotatable bonds is 3. The third-order valence-electron chi connectivity index (χ3n) is 3.01. The molecular weight excluding hydrogens is 316 g/mol. The Labute approximate surface area is 127 Å². The molecule has 0 saturated heterocycles. The largest absolute Gasteiger partial charge is 0.334 e. The van der Waals surface area contributed by atoms with Gasteiger partial charge in [0.1, 0.15) is 0 Å². The Morgan fingerprint density at radius 2 is 1.80 bits per heavy atom. The number of hydrogen-bond acceptors (Lipinski definition) is 1. The zero-order chi connectivity index (χ0) is 14.5. The predicted octanol–water partition coefficient (Wildman–Crippen LogP) is 4.39. The van der Waals surface area contributed by atoms with Crippen LogP contribution in [0.25, 0.3) is 0 Å². The van der Waals surface area contributed by atoms with Crippen molar-refractivity contribution in [2.24, 2.45) is 0 Å². The van der Waals surface area contributed by atoms with Gasteiger partial charge in [-0.2, -0.15) is 0 Å². The lowest BCUT2D eigenvalue weighted by molar-refractivity contribution is 0.251. The number of urea groups is 1. The lowest BCUT2D eigenvalue weighted by atomic mass is 10.1. The van der Waals surface area contributed by atoms with Gasteiger partial charge in [0.2, 0.25) is 0 Å². The van der Waals surface area contributed by atoms with E-state index in [-0.39, 0.29) is 6.03 Å². The Kier molecular flexibility index (Phi) is 4.79. The number of carbonyl (C=O) groups excluding carboxylic acids is 1. The summed E-state index contributed by atoms with van der Waals surface area (Å²) in [6.45, 7) is 4.48. The van der Waals surface area contributed by atoms with Crippen molar-refractivity contribution in [2.45, 2.75) is 20.4 Å². The molecule has 0 bridgehead atoms. The first-order valence-corrected chi connectivity index (χ1v) is 7.20. The highest BCUT2D eigenvalue weighted by Crippen LogP contribution is 2.16. The lowest BCUT2D eigenvalue weighted by Crippen LogP contribution is -2.28. The third-order valence-corrected chi connectivity index (χ3v) is 3.54. The van der Waals surface area contributed by atoms with Gasteiger partial charge in [-0.25, -0.2) is 4.79 Å². The maximum absolute atomic E-state index is 11.9. The standard InChI is InChI=1S/C16H17BrN2O/c1-11-3-4-12(2)15(9-11)19-16(20)18-10-13-5-7-14(17)8-6-13/h3-9H,10H2,1-2H3,(H2,18,19,20). The van der Waals surface area contributed by atoms with Crippen molar-refractivity contribution in [1.82, 2.24) is 5.32 Å². The van der Waals surface area contributed by atoms with Crippen LogP contribution in [0, 0.1) is 13.8 Å². The van der Waals surface area contributed by atoms with E-state index in [1.54, 1.807) is 0 Å². The fraction of sp³-hybridized carbons (Fsp3) is 0.188. The Morgan fingerprint density at radius 1 is 1.10 bits per heavy atom. The average molecular weight is 333 g/mol. The highest BCUT2D eigenvalue weighted by Gasteiger charge is 2.04. The molecule has 0 aromatic heterocycles. The van der Waals surface area contributed by atoms with Crippen molar-refractivity contribution in [2.75, 3.05) is 5.32 Å². The second-order valence-corrected chi connectivity index (χ2v) is 5.67. The van der Waals surface area contributed by atoms with Gasteiger partial charge in [-0.3, -0.25) is 0 Å². The third kappa shape index (κ3) is 4.10. The summed E-state index contributed by atoms with van der Waals surface area (Å²) >= 11 is 3.38. The molecule has 0 aliphatic heterocycles. The molecule has 4 heteroatoms. The van der Waals surface area contributed by atoms with Crippen LogP contribution in [-0.2, 0) is 6.54 Å². The van der Waals surface area contributed by atoms with Gasteiger partial charge in [-0.1, -0.05) is 40.2 Å². The molecule has 2 aromatic rings. The fourth-order valence-electron chi connectivity index (χ4n) is 1.82. The van der Waals surface area contributed by atoms with Crippen LogP contribution in [-0.4, -0.2) is 6.03 Å². The van der Waals surface area contributed by atoms with E-state index in [1.165, 1.54) is 0 Å². The molecule has 3 nitrogen and oxygen atoms in total. The van der Waals surface area contributed by atoms with Crippen molar-refractivity contribution in [3.8, 4) is 0 Å². The van der Waals surface area contributed by atoms with E-state index in [1.807, 2.05) is 56.3 Å². The molecule has 0 aliphatic carbocycles. The van der Waals surface area contributed by atoms with E-state index in [2.05, 4.69) is 26.6 Å². The van der Waals surface area contributed by atoms with Gasteiger partial charge in [0.25, 0.3) is 0 Å². The number of carbonyl (C=O) groups is 1. The summed E-state index contributed by atoms with van der Waals surface area (Å²) in [5, 5.41) is 5.72. The van der Waals surface area contributed by atoms with Gasteiger partial charge < -0.3 is 10.6 Å². The summed E-state index contributed by atoms with van der Waals surface area (Å²) in [6.07, 6.45) is 0. The number of halogens is 1. The van der Waals surface area contributed by atoms with E-state index in [9.17, 15) is 4.79 Å². The van der Waals surface area contributed by atoms with Crippen LogP contribution >= 0.6 is 15.9 Å². The predicted molar refractivity (Wildman–Crippen MR) is 85.9 cm³/mol. The summed E-state index contributed by atoms with van der Waals surface area (Å²) < 4.78 is 1.03. The first kappa shape index (κ1) is 14.6. The number of aryl methyl sites for hydroxylation is 2. The van der Waals surface area contributed by atoms with Crippen LogP contribution in [0.4, 0.5) is 10.5 Å². The zero-order valence-corrected chi connectivity index (χ0v) is 13.1. The molecule has 0 radical (unpaired) electrons. The number of anilines is 1. The van der Waals surface area contributed by atoms with Crippen molar-refractivity contribution < 1.29 is 4.79 Å². The molecule has 0 heterocycles. The summed E-state index contributed by atoms with van der Waals surface area (Å²) in [5.74, 6) is 0. The topological polar surface area (TPSA) is 41.1 Å². The highest BCUT2D eigenvalue weighted by atomic mass is 79.9. The van der Waals surface area contributed by atoms with Crippen molar-refractivity contribution in [1.29, 1.82) is 0 Å². The molecule has 0 spiro atoms. The quantitative estimate of drug-likeness (QED) is 0.859. The molecule has 0 saturated carbocycles. The first-order chi connectivity index (χ1) is 9.54. The minimum Gasteiger partial charge on any atom is -0.334 e. The molecule has 2 aromatic carbocycles. The fourth-order valence-corrected chi connectivity index (χ4v) is 2.09. The Bertz CT molecular complexity index is 608. The van der Waals surface area contributed by atoms with Crippen LogP contribution in [0.2, 0.25) is 0 Å². The number of benzene rings is 2. The average Bonchev–Trinajstić information content (AvgIpc) is 2.42. The number of hydrogen-bond donors (Lipinski definition) is 2. The van der Waals surface area contributed by atoms with E-state index in [0.29, 0.717) is 6.54 Å². The second-order valence-electron chi connectivity index (χ2n) is 4.75. The van der Waals surface area contributed by atoms with Crippen LogP contribution in [0.15, 0.2) is 46.9 Å². The van der Waals surface area contributed by atoms with Gasteiger partial charge >= 0.3 is 6.03 Å². The SMILES string of the molecule is Cc1ccc(C)c(NC(=O)NCc2ccc(Br)cc2)c1. The molecule has 0 atom stereocenters. The molecule has 2 rings (SSSR count).